The minimum atomic E-state index is 0.303. The molecular formula is C15H25NO2. The largest absolute Gasteiger partial charge is 0.497 e. The third kappa shape index (κ3) is 3.91. The number of ether oxygens (including phenoxy) is 2. The molecule has 1 unspecified atom stereocenters. The molecule has 0 heterocycles. The van der Waals surface area contributed by atoms with Crippen LogP contribution in [0.25, 0.3) is 0 Å². The van der Waals surface area contributed by atoms with E-state index in [0.717, 1.165) is 17.9 Å². The van der Waals surface area contributed by atoms with Gasteiger partial charge in [0.1, 0.15) is 11.5 Å². The Morgan fingerprint density at radius 1 is 1.11 bits per heavy atom. The Kier molecular flexibility index (Phi) is 5.99. The van der Waals surface area contributed by atoms with Gasteiger partial charge in [0.25, 0.3) is 0 Å². The van der Waals surface area contributed by atoms with Crippen molar-refractivity contribution in [2.45, 2.75) is 32.7 Å². The molecule has 1 aromatic rings. The van der Waals surface area contributed by atoms with Crippen molar-refractivity contribution in [3.8, 4) is 11.5 Å². The highest BCUT2D eigenvalue weighted by molar-refractivity contribution is 5.42. The third-order valence-corrected chi connectivity index (χ3v) is 3.19. The molecule has 0 amide bonds. The number of benzene rings is 1. The van der Waals surface area contributed by atoms with Gasteiger partial charge < -0.3 is 14.8 Å². The van der Waals surface area contributed by atoms with E-state index in [2.05, 4.69) is 25.2 Å². The summed E-state index contributed by atoms with van der Waals surface area (Å²) < 4.78 is 10.7. The summed E-state index contributed by atoms with van der Waals surface area (Å²) in [7, 11) is 5.39. The van der Waals surface area contributed by atoms with Gasteiger partial charge in [-0.3, -0.25) is 0 Å². The Morgan fingerprint density at radius 3 is 2.33 bits per heavy atom. The van der Waals surface area contributed by atoms with E-state index in [4.69, 9.17) is 9.47 Å². The van der Waals surface area contributed by atoms with Gasteiger partial charge in [-0.05, 0) is 44.0 Å². The summed E-state index contributed by atoms with van der Waals surface area (Å²) in [5, 5.41) is 3.36. The van der Waals surface area contributed by atoms with E-state index in [0.29, 0.717) is 12.0 Å². The van der Waals surface area contributed by atoms with Crippen molar-refractivity contribution in [1.82, 2.24) is 5.32 Å². The predicted octanol–water partition coefficient (Wildman–Crippen LogP) is 3.40. The monoisotopic (exact) mass is 251 g/mol. The summed E-state index contributed by atoms with van der Waals surface area (Å²) in [4.78, 5) is 0. The highest BCUT2D eigenvalue weighted by Crippen LogP contribution is 2.32. The second kappa shape index (κ2) is 7.27. The van der Waals surface area contributed by atoms with Gasteiger partial charge in [-0.2, -0.15) is 0 Å². The Hall–Kier alpha value is -1.22. The molecule has 0 bridgehead atoms. The highest BCUT2D eigenvalue weighted by Gasteiger charge is 2.15. The quantitative estimate of drug-likeness (QED) is 0.805. The van der Waals surface area contributed by atoms with Crippen LogP contribution in [0.15, 0.2) is 18.2 Å². The number of rotatable bonds is 7. The lowest BCUT2D eigenvalue weighted by molar-refractivity contribution is 0.384. The van der Waals surface area contributed by atoms with Gasteiger partial charge in [0.05, 0.1) is 14.2 Å². The molecule has 0 aliphatic rings. The maximum absolute atomic E-state index is 5.44. The number of nitrogens with one attached hydrogen (secondary N) is 1. The lowest BCUT2D eigenvalue weighted by atomic mass is 9.97. The molecular weight excluding hydrogens is 226 g/mol. The van der Waals surface area contributed by atoms with E-state index in [9.17, 15) is 0 Å². The van der Waals surface area contributed by atoms with E-state index in [1.807, 2.05) is 19.2 Å². The number of methoxy groups -OCH3 is 2. The zero-order valence-electron chi connectivity index (χ0n) is 12.1. The van der Waals surface area contributed by atoms with Crippen molar-refractivity contribution in [2.75, 3.05) is 21.3 Å². The molecule has 0 aliphatic heterocycles. The number of hydrogen-bond donors (Lipinski definition) is 1. The lowest BCUT2D eigenvalue weighted by Gasteiger charge is -2.21. The summed E-state index contributed by atoms with van der Waals surface area (Å²) in [6.07, 6.45) is 2.28. The van der Waals surface area contributed by atoms with E-state index in [1.54, 1.807) is 14.2 Å². The van der Waals surface area contributed by atoms with Crippen LogP contribution in [0.4, 0.5) is 0 Å². The van der Waals surface area contributed by atoms with Gasteiger partial charge >= 0.3 is 0 Å². The average molecular weight is 251 g/mol. The summed E-state index contributed by atoms with van der Waals surface area (Å²) in [6.45, 7) is 4.49. The molecule has 1 aromatic carbocycles. The van der Waals surface area contributed by atoms with Crippen LogP contribution >= 0.6 is 0 Å². The first-order valence-electron chi connectivity index (χ1n) is 6.51. The van der Waals surface area contributed by atoms with Crippen molar-refractivity contribution in [3.05, 3.63) is 23.8 Å². The zero-order chi connectivity index (χ0) is 13.5. The molecule has 1 N–H and O–H groups in total. The van der Waals surface area contributed by atoms with Crippen molar-refractivity contribution in [2.24, 2.45) is 5.92 Å². The van der Waals surface area contributed by atoms with E-state index < -0.39 is 0 Å². The fraction of sp³-hybridized carbons (Fsp3) is 0.600. The van der Waals surface area contributed by atoms with Crippen LogP contribution in [-0.4, -0.2) is 21.3 Å². The van der Waals surface area contributed by atoms with Crippen LogP contribution in [-0.2, 0) is 0 Å². The summed E-state index contributed by atoms with van der Waals surface area (Å²) in [5.74, 6) is 2.49. The second-order valence-electron chi connectivity index (χ2n) is 4.92. The lowest BCUT2D eigenvalue weighted by Crippen LogP contribution is -2.18. The first-order chi connectivity index (χ1) is 8.62. The summed E-state index contributed by atoms with van der Waals surface area (Å²) in [6, 6.07) is 6.25. The Balaban J connectivity index is 2.94. The summed E-state index contributed by atoms with van der Waals surface area (Å²) in [5.41, 5.74) is 1.17. The Bertz CT molecular complexity index is 364. The maximum Gasteiger partial charge on any atom is 0.123 e. The maximum atomic E-state index is 5.44. The van der Waals surface area contributed by atoms with Crippen LogP contribution in [0.5, 0.6) is 11.5 Å². The van der Waals surface area contributed by atoms with Crippen LogP contribution in [0.2, 0.25) is 0 Å². The normalized spacial score (nSPS) is 12.6. The van der Waals surface area contributed by atoms with E-state index >= 15 is 0 Å². The van der Waals surface area contributed by atoms with E-state index in [-0.39, 0.29) is 0 Å². The van der Waals surface area contributed by atoms with Crippen LogP contribution < -0.4 is 14.8 Å². The van der Waals surface area contributed by atoms with Crippen molar-refractivity contribution in [3.63, 3.8) is 0 Å². The molecule has 0 saturated heterocycles. The highest BCUT2D eigenvalue weighted by atomic mass is 16.5. The molecule has 1 rings (SSSR count). The van der Waals surface area contributed by atoms with Gasteiger partial charge in [-0.25, -0.2) is 0 Å². The van der Waals surface area contributed by atoms with Crippen LogP contribution in [0.1, 0.15) is 38.3 Å². The Morgan fingerprint density at radius 2 is 1.83 bits per heavy atom. The molecule has 0 fully saturated rings. The SMILES string of the molecule is CNC(CCC(C)C)c1cc(OC)ccc1OC. The smallest absolute Gasteiger partial charge is 0.123 e. The van der Waals surface area contributed by atoms with Gasteiger partial charge in [-0.1, -0.05) is 13.8 Å². The van der Waals surface area contributed by atoms with Gasteiger partial charge in [0.2, 0.25) is 0 Å². The Labute approximate surface area is 110 Å². The molecule has 0 saturated carbocycles. The standard InChI is InChI=1S/C15H25NO2/c1-11(2)6-8-14(16-3)13-10-12(17-4)7-9-15(13)18-5/h7,9-11,14,16H,6,8H2,1-5H3. The van der Waals surface area contributed by atoms with Crippen LogP contribution in [0.3, 0.4) is 0 Å². The van der Waals surface area contributed by atoms with Crippen molar-refractivity contribution in [1.29, 1.82) is 0 Å². The zero-order valence-corrected chi connectivity index (χ0v) is 12.1. The second-order valence-corrected chi connectivity index (χ2v) is 4.92. The number of hydrogen-bond acceptors (Lipinski definition) is 3. The first-order valence-corrected chi connectivity index (χ1v) is 6.51. The molecule has 1 atom stereocenters. The molecule has 3 heteroatoms. The molecule has 0 aliphatic carbocycles. The fourth-order valence-corrected chi connectivity index (χ4v) is 2.07. The van der Waals surface area contributed by atoms with Gasteiger partial charge in [0, 0.05) is 11.6 Å². The molecule has 0 spiro atoms. The predicted molar refractivity (Wildman–Crippen MR) is 75.4 cm³/mol. The summed E-state index contributed by atoms with van der Waals surface area (Å²) >= 11 is 0. The van der Waals surface area contributed by atoms with Crippen LogP contribution in [0, 0.1) is 5.92 Å². The first kappa shape index (κ1) is 14.8. The molecule has 0 radical (unpaired) electrons. The fourth-order valence-electron chi connectivity index (χ4n) is 2.07. The van der Waals surface area contributed by atoms with Crippen molar-refractivity contribution < 1.29 is 9.47 Å². The van der Waals surface area contributed by atoms with Gasteiger partial charge in [0.15, 0.2) is 0 Å². The third-order valence-electron chi connectivity index (χ3n) is 3.19. The molecule has 18 heavy (non-hydrogen) atoms. The molecule has 102 valence electrons. The van der Waals surface area contributed by atoms with Gasteiger partial charge in [-0.15, -0.1) is 0 Å². The van der Waals surface area contributed by atoms with E-state index in [1.165, 1.54) is 12.0 Å². The minimum Gasteiger partial charge on any atom is -0.497 e. The van der Waals surface area contributed by atoms with Crippen molar-refractivity contribution >= 4 is 0 Å². The minimum absolute atomic E-state index is 0.303. The average Bonchev–Trinajstić information content (AvgIpc) is 2.38. The molecule has 3 nitrogen and oxygen atoms in total. The topological polar surface area (TPSA) is 30.5 Å². The molecule has 0 aromatic heterocycles.